The number of piperidine rings is 1. The first-order valence-corrected chi connectivity index (χ1v) is 17.6. The van der Waals surface area contributed by atoms with E-state index in [1.807, 2.05) is 47.0 Å². The molecule has 0 bridgehead atoms. The predicted molar refractivity (Wildman–Crippen MR) is 199 cm³/mol. The van der Waals surface area contributed by atoms with Gasteiger partial charge in [-0.15, -0.1) is 0 Å². The van der Waals surface area contributed by atoms with Crippen LogP contribution in [0.5, 0.6) is 5.75 Å². The minimum absolute atomic E-state index is 0.194. The molecular weight excluding hydrogens is 681 g/mol. The number of hydrogen-bond acceptors (Lipinski definition) is 8. The number of imidazole rings is 1. The Labute approximate surface area is 304 Å². The van der Waals surface area contributed by atoms with E-state index in [1.54, 1.807) is 37.6 Å². The first kappa shape index (κ1) is 34.2. The van der Waals surface area contributed by atoms with Gasteiger partial charge in [-0.25, -0.2) is 28.1 Å². The number of rotatable bonds is 9. The number of hydrogen-bond donors (Lipinski definition) is 2. The Balaban J connectivity index is 1.05. The van der Waals surface area contributed by atoms with E-state index >= 15 is 0 Å². The molecule has 270 valence electrons. The second kappa shape index (κ2) is 14.6. The van der Waals surface area contributed by atoms with Gasteiger partial charge >= 0.3 is 0 Å². The van der Waals surface area contributed by atoms with Crippen molar-refractivity contribution in [1.29, 1.82) is 0 Å². The number of likely N-dealkylation sites (tertiary alicyclic amines) is 1. The summed E-state index contributed by atoms with van der Waals surface area (Å²) in [5.41, 5.74) is 4.45. The molecule has 10 nitrogen and oxygen atoms in total. The number of halogens is 3. The minimum Gasteiger partial charge on any atom is -0.494 e. The van der Waals surface area contributed by atoms with Gasteiger partial charge in [0.05, 0.1) is 29.9 Å². The Kier molecular flexibility index (Phi) is 9.40. The average molecular weight is 719 g/mol. The van der Waals surface area contributed by atoms with Crippen LogP contribution in [0.4, 0.5) is 36.2 Å². The molecule has 0 unspecified atom stereocenters. The van der Waals surface area contributed by atoms with Gasteiger partial charge in [0.1, 0.15) is 34.9 Å². The van der Waals surface area contributed by atoms with E-state index in [0.29, 0.717) is 64.7 Å². The number of benzene rings is 3. The fourth-order valence-electron chi connectivity index (χ4n) is 7.27. The highest BCUT2D eigenvalue weighted by Crippen LogP contribution is 2.36. The number of nitrogens with one attached hydrogen (secondary N) is 2. The van der Waals surface area contributed by atoms with Crippen molar-refractivity contribution in [3.63, 3.8) is 0 Å². The highest BCUT2D eigenvalue weighted by Gasteiger charge is 2.31. The Morgan fingerprint density at radius 1 is 0.887 bits per heavy atom. The summed E-state index contributed by atoms with van der Waals surface area (Å²) < 4.78 is 50.1. The van der Waals surface area contributed by atoms with Gasteiger partial charge in [0.15, 0.2) is 0 Å². The summed E-state index contributed by atoms with van der Waals surface area (Å²) in [6.07, 6.45) is 5.44. The molecule has 2 aliphatic rings. The van der Waals surface area contributed by atoms with Crippen molar-refractivity contribution in [1.82, 2.24) is 24.3 Å². The Hall–Kier alpha value is -5.95. The number of para-hydroxylation sites is 1. The molecule has 1 atom stereocenters. The number of carbonyl (C=O) groups is 1. The zero-order valence-corrected chi connectivity index (χ0v) is 29.0. The van der Waals surface area contributed by atoms with Crippen LogP contribution in [-0.2, 0) is 0 Å². The first-order valence-electron chi connectivity index (χ1n) is 17.6. The Bertz CT molecular complexity index is 2270. The number of alkyl halides is 1. The summed E-state index contributed by atoms with van der Waals surface area (Å²) in [6, 6.07) is 23.9. The summed E-state index contributed by atoms with van der Waals surface area (Å²) in [7, 11) is 1.63. The molecule has 2 saturated heterocycles. The molecule has 1 amide bonds. The van der Waals surface area contributed by atoms with Crippen LogP contribution in [0.1, 0.15) is 29.6 Å². The molecule has 0 spiro atoms. The maximum Gasteiger partial charge on any atom is 0.255 e. The molecule has 5 heterocycles. The maximum atomic E-state index is 14.3. The van der Waals surface area contributed by atoms with E-state index in [-0.39, 0.29) is 5.56 Å². The van der Waals surface area contributed by atoms with Crippen molar-refractivity contribution in [3.05, 3.63) is 115 Å². The molecule has 3 aromatic heterocycles. The SMILES string of the molecule is COc1cc(N2CCC(N3CC[C@@H](F)C3)CC2)ccc1Nc1nccc(-c2c(-c3cccc(C(=O)Nc4c(F)cccc4F)c3)nc3ccccn23)n1. The molecule has 0 aliphatic carbocycles. The molecule has 3 aromatic carbocycles. The predicted octanol–water partition coefficient (Wildman–Crippen LogP) is 7.75. The zero-order valence-electron chi connectivity index (χ0n) is 29.0. The normalized spacial score (nSPS) is 16.6. The van der Waals surface area contributed by atoms with Crippen LogP contribution in [0, 0.1) is 11.6 Å². The van der Waals surface area contributed by atoms with E-state index < -0.39 is 29.4 Å². The standard InChI is InChI=1S/C40H37F3N8O2/c1-53-34-23-29(49-20-15-28(16-21-49)50-19-14-27(41)24-50)11-12-32(34)45-40-44-17-13-33(46-40)38-36(47-35-10-2-3-18-51(35)38)25-6-4-7-26(22-25)39(52)48-37-30(42)8-5-9-31(37)43/h2-13,17-18,22-23,27-28H,14-16,19-21,24H2,1H3,(H,48,52)(H,44,45,46)/t27-/m1/s1. The third-order valence-electron chi connectivity index (χ3n) is 9.97. The van der Waals surface area contributed by atoms with Crippen LogP contribution in [0.25, 0.3) is 28.3 Å². The lowest BCUT2D eigenvalue weighted by atomic mass is 10.0. The van der Waals surface area contributed by atoms with Gasteiger partial charge in [0, 0.05) is 67.5 Å². The minimum atomic E-state index is -0.869. The van der Waals surface area contributed by atoms with Gasteiger partial charge in [-0.2, -0.15) is 0 Å². The van der Waals surface area contributed by atoms with Crippen molar-refractivity contribution in [2.45, 2.75) is 31.5 Å². The van der Waals surface area contributed by atoms with Gasteiger partial charge in [0.2, 0.25) is 5.95 Å². The van der Waals surface area contributed by atoms with E-state index in [9.17, 15) is 18.0 Å². The van der Waals surface area contributed by atoms with Crippen LogP contribution in [0.2, 0.25) is 0 Å². The van der Waals surface area contributed by atoms with Crippen molar-refractivity contribution in [2.75, 3.05) is 48.8 Å². The van der Waals surface area contributed by atoms with Crippen molar-refractivity contribution in [2.24, 2.45) is 0 Å². The summed E-state index contributed by atoms with van der Waals surface area (Å²) in [5, 5.41) is 5.67. The number of anilines is 4. The summed E-state index contributed by atoms with van der Waals surface area (Å²) in [4.78, 5) is 32.1. The topological polar surface area (TPSA) is 99.9 Å². The molecular formula is C40H37F3N8O2. The fraction of sp³-hybridized carbons (Fsp3) is 0.250. The maximum absolute atomic E-state index is 14.3. The second-order valence-corrected chi connectivity index (χ2v) is 13.2. The van der Waals surface area contributed by atoms with E-state index in [2.05, 4.69) is 31.5 Å². The number of nitrogens with zero attached hydrogens (tertiary/aromatic N) is 6. The zero-order chi connectivity index (χ0) is 36.5. The van der Waals surface area contributed by atoms with Gasteiger partial charge < -0.3 is 20.3 Å². The van der Waals surface area contributed by atoms with Crippen molar-refractivity contribution in [3.8, 4) is 28.4 Å². The number of methoxy groups -OCH3 is 1. The van der Waals surface area contributed by atoms with Crippen LogP contribution < -0.4 is 20.3 Å². The van der Waals surface area contributed by atoms with Crippen LogP contribution in [0.3, 0.4) is 0 Å². The number of amides is 1. The number of ether oxygens (including phenoxy) is 1. The van der Waals surface area contributed by atoms with Gasteiger partial charge in [-0.3, -0.25) is 14.1 Å². The lowest BCUT2D eigenvalue weighted by Crippen LogP contribution is -2.44. The Morgan fingerprint density at radius 3 is 2.47 bits per heavy atom. The number of aromatic nitrogens is 4. The summed E-state index contributed by atoms with van der Waals surface area (Å²) in [6.45, 7) is 3.17. The molecule has 0 saturated carbocycles. The average Bonchev–Trinajstić information content (AvgIpc) is 3.80. The summed E-state index contributed by atoms with van der Waals surface area (Å²) >= 11 is 0. The first-order chi connectivity index (χ1) is 25.8. The number of pyridine rings is 1. The lowest BCUT2D eigenvalue weighted by molar-refractivity contribution is 0.102. The quantitative estimate of drug-likeness (QED) is 0.157. The molecule has 2 N–H and O–H groups in total. The molecule has 13 heteroatoms. The molecule has 2 fully saturated rings. The number of fused-ring (bicyclic) bond motifs is 1. The molecule has 2 aliphatic heterocycles. The van der Waals surface area contributed by atoms with Crippen molar-refractivity contribution < 1.29 is 22.7 Å². The third kappa shape index (κ3) is 6.99. The van der Waals surface area contributed by atoms with Crippen LogP contribution in [-0.4, -0.2) is 75.7 Å². The fourth-order valence-corrected chi connectivity index (χ4v) is 7.27. The lowest BCUT2D eigenvalue weighted by Gasteiger charge is -2.38. The molecule has 6 aromatic rings. The summed E-state index contributed by atoms with van der Waals surface area (Å²) in [5.74, 6) is -1.43. The van der Waals surface area contributed by atoms with Gasteiger partial charge in [0.25, 0.3) is 5.91 Å². The van der Waals surface area contributed by atoms with Crippen molar-refractivity contribution >= 4 is 34.6 Å². The Morgan fingerprint density at radius 2 is 1.70 bits per heavy atom. The number of carbonyl (C=O) groups excluding carboxylic acids is 1. The van der Waals surface area contributed by atoms with Gasteiger partial charge in [-0.05, 0) is 73.9 Å². The second-order valence-electron chi connectivity index (χ2n) is 13.2. The highest BCUT2D eigenvalue weighted by atomic mass is 19.1. The third-order valence-corrected chi connectivity index (χ3v) is 9.97. The van der Waals surface area contributed by atoms with Crippen LogP contribution in [0.15, 0.2) is 97.3 Å². The van der Waals surface area contributed by atoms with E-state index in [0.717, 1.165) is 50.3 Å². The largest absolute Gasteiger partial charge is 0.494 e. The van der Waals surface area contributed by atoms with E-state index in [4.69, 9.17) is 14.7 Å². The molecule has 8 rings (SSSR count). The van der Waals surface area contributed by atoms with Crippen LogP contribution >= 0.6 is 0 Å². The molecule has 0 radical (unpaired) electrons. The monoisotopic (exact) mass is 718 g/mol. The van der Waals surface area contributed by atoms with E-state index in [1.165, 1.54) is 6.07 Å². The highest BCUT2D eigenvalue weighted by molar-refractivity contribution is 6.05. The van der Waals surface area contributed by atoms with Gasteiger partial charge in [-0.1, -0.05) is 24.3 Å². The smallest absolute Gasteiger partial charge is 0.255 e. The molecule has 53 heavy (non-hydrogen) atoms.